The molecule has 2 nitrogen and oxygen atoms in total. The van der Waals surface area contributed by atoms with Crippen molar-refractivity contribution in [2.75, 3.05) is 12.8 Å². The van der Waals surface area contributed by atoms with Crippen LogP contribution >= 0.6 is 27.3 Å². The van der Waals surface area contributed by atoms with Gasteiger partial charge in [-0.1, -0.05) is 6.92 Å². The van der Waals surface area contributed by atoms with Crippen LogP contribution in [0.15, 0.2) is 9.85 Å². The van der Waals surface area contributed by atoms with Gasteiger partial charge >= 0.3 is 0 Å². The molecule has 1 N–H and O–H groups in total. The minimum atomic E-state index is -0.703. The van der Waals surface area contributed by atoms with Crippen LogP contribution in [0.4, 0.5) is 0 Å². The number of hydrogen-bond acceptors (Lipinski definition) is 3. The average Bonchev–Trinajstić information content (AvgIpc) is 2.53. The number of halogens is 1. The van der Waals surface area contributed by atoms with E-state index >= 15 is 0 Å². The molecule has 0 fully saturated rings. The molecule has 0 aliphatic rings. The van der Waals surface area contributed by atoms with E-state index in [2.05, 4.69) is 34.2 Å². The molecule has 0 bridgehead atoms. The summed E-state index contributed by atoms with van der Waals surface area (Å²) >= 11 is 5.29. The molecule has 1 aromatic rings. The summed E-state index contributed by atoms with van der Waals surface area (Å²) in [6.45, 7) is 5.96. The molecule has 0 saturated carbocycles. The van der Waals surface area contributed by atoms with Crippen LogP contribution in [0.25, 0.3) is 0 Å². The van der Waals surface area contributed by atoms with E-state index in [-0.39, 0.29) is 5.25 Å². The lowest BCUT2D eigenvalue weighted by molar-refractivity contribution is 0.632. The van der Waals surface area contributed by atoms with Crippen LogP contribution in [0.5, 0.6) is 0 Å². The van der Waals surface area contributed by atoms with Crippen molar-refractivity contribution in [1.29, 1.82) is 0 Å². The van der Waals surface area contributed by atoms with Crippen LogP contribution in [0.2, 0.25) is 0 Å². The molecule has 0 spiro atoms. The second-order valence-electron chi connectivity index (χ2n) is 3.94. The lowest BCUT2D eigenvalue weighted by atomic mass is 10.3. The molecule has 92 valence electrons. The first kappa shape index (κ1) is 14.4. The van der Waals surface area contributed by atoms with E-state index in [4.69, 9.17) is 0 Å². The third kappa shape index (κ3) is 4.65. The van der Waals surface area contributed by atoms with Crippen molar-refractivity contribution in [3.8, 4) is 0 Å². The van der Waals surface area contributed by atoms with Gasteiger partial charge in [-0.25, -0.2) is 0 Å². The van der Waals surface area contributed by atoms with Gasteiger partial charge in [-0.3, -0.25) is 4.21 Å². The van der Waals surface area contributed by atoms with Gasteiger partial charge < -0.3 is 5.32 Å². The summed E-state index contributed by atoms with van der Waals surface area (Å²) in [4.78, 5) is 1.34. The summed E-state index contributed by atoms with van der Waals surface area (Å²) in [6.07, 6.45) is 2.74. The molecule has 1 rings (SSSR count). The minimum Gasteiger partial charge on any atom is -0.312 e. The van der Waals surface area contributed by atoms with E-state index in [9.17, 15) is 4.21 Å². The van der Waals surface area contributed by atoms with E-state index in [0.29, 0.717) is 0 Å². The highest BCUT2D eigenvalue weighted by Gasteiger charge is 2.06. The quantitative estimate of drug-likeness (QED) is 0.815. The van der Waals surface area contributed by atoms with Gasteiger partial charge in [-0.05, 0) is 47.4 Å². The first-order chi connectivity index (χ1) is 7.50. The van der Waals surface area contributed by atoms with Gasteiger partial charge in [-0.2, -0.15) is 0 Å². The Bertz CT molecular complexity index is 345. The third-order valence-electron chi connectivity index (χ3n) is 2.50. The molecule has 1 heterocycles. The summed E-state index contributed by atoms with van der Waals surface area (Å²) < 4.78 is 12.4. The van der Waals surface area contributed by atoms with E-state index in [1.807, 2.05) is 6.92 Å². The predicted octanol–water partition coefficient (Wildman–Crippen LogP) is 3.07. The van der Waals surface area contributed by atoms with Gasteiger partial charge in [0.05, 0.1) is 3.79 Å². The SMILES string of the molecule is Cc1cc(CNCCC(C)S(C)=O)sc1Br. The standard InChI is InChI=1S/C11H18BrNOS2/c1-8-6-10(15-11(8)12)7-13-5-4-9(2)16(3)14/h6,9,13H,4-5,7H2,1-3H3. The third-order valence-corrected chi connectivity index (χ3v) is 6.01. The van der Waals surface area contributed by atoms with Crippen LogP contribution < -0.4 is 5.32 Å². The van der Waals surface area contributed by atoms with E-state index in [1.54, 1.807) is 17.6 Å². The van der Waals surface area contributed by atoms with Gasteiger partial charge in [0.2, 0.25) is 0 Å². The molecular weight excluding hydrogens is 306 g/mol. The molecule has 0 aliphatic carbocycles. The summed E-state index contributed by atoms with van der Waals surface area (Å²) in [6, 6.07) is 2.20. The fourth-order valence-corrected chi connectivity index (χ4v) is 3.34. The summed E-state index contributed by atoms with van der Waals surface area (Å²) in [5, 5.41) is 3.66. The first-order valence-electron chi connectivity index (χ1n) is 5.28. The van der Waals surface area contributed by atoms with E-state index in [1.165, 1.54) is 14.2 Å². The summed E-state index contributed by atoms with van der Waals surface area (Å²) in [5.74, 6) is 0. The first-order valence-corrected chi connectivity index (χ1v) is 8.51. The zero-order valence-electron chi connectivity index (χ0n) is 9.88. The van der Waals surface area contributed by atoms with Crippen LogP contribution in [-0.4, -0.2) is 22.3 Å². The fraction of sp³-hybridized carbons (Fsp3) is 0.636. The van der Waals surface area contributed by atoms with E-state index in [0.717, 1.165) is 19.5 Å². The minimum absolute atomic E-state index is 0.282. The van der Waals surface area contributed by atoms with Gasteiger partial charge in [0.1, 0.15) is 0 Å². The van der Waals surface area contributed by atoms with Gasteiger partial charge in [-0.15, -0.1) is 11.3 Å². The van der Waals surface area contributed by atoms with Crippen LogP contribution in [0.3, 0.4) is 0 Å². The highest BCUT2D eigenvalue weighted by Crippen LogP contribution is 2.27. The number of rotatable bonds is 6. The molecule has 0 saturated heterocycles. The molecule has 0 amide bonds. The second kappa shape index (κ2) is 6.89. The van der Waals surface area contributed by atoms with E-state index < -0.39 is 10.8 Å². The molecule has 16 heavy (non-hydrogen) atoms. The molecule has 0 radical (unpaired) electrons. The molecule has 2 atom stereocenters. The van der Waals surface area contributed by atoms with Crippen molar-refractivity contribution in [1.82, 2.24) is 5.32 Å². The maximum absolute atomic E-state index is 11.1. The molecule has 2 unspecified atom stereocenters. The number of nitrogens with one attached hydrogen (secondary N) is 1. The zero-order chi connectivity index (χ0) is 12.1. The molecule has 0 aromatic carbocycles. The summed E-state index contributed by atoms with van der Waals surface area (Å²) in [7, 11) is -0.703. The number of thiophene rings is 1. The molecule has 1 aromatic heterocycles. The largest absolute Gasteiger partial charge is 0.312 e. The Balaban J connectivity index is 2.23. The highest BCUT2D eigenvalue weighted by molar-refractivity contribution is 9.11. The Kier molecular flexibility index (Phi) is 6.18. The Morgan fingerprint density at radius 3 is 2.81 bits per heavy atom. The maximum Gasteiger partial charge on any atom is 0.0730 e. The van der Waals surface area contributed by atoms with Gasteiger partial charge in [0.25, 0.3) is 0 Å². The predicted molar refractivity (Wildman–Crippen MR) is 76.6 cm³/mol. The molecule has 5 heteroatoms. The van der Waals surface area contributed by atoms with Crippen LogP contribution in [0.1, 0.15) is 23.8 Å². The lowest BCUT2D eigenvalue weighted by Gasteiger charge is -2.08. The lowest BCUT2D eigenvalue weighted by Crippen LogP contribution is -2.20. The van der Waals surface area contributed by atoms with Crippen molar-refractivity contribution < 1.29 is 4.21 Å². The Hall–Kier alpha value is 0.290. The van der Waals surface area contributed by atoms with Crippen molar-refractivity contribution >= 4 is 38.1 Å². The van der Waals surface area contributed by atoms with Crippen molar-refractivity contribution in [3.05, 3.63) is 20.3 Å². The molecular formula is C11H18BrNOS2. The molecule has 0 aliphatic heterocycles. The van der Waals surface area contributed by atoms with Crippen molar-refractivity contribution in [3.63, 3.8) is 0 Å². The Labute approximate surface area is 112 Å². The number of hydrogen-bond donors (Lipinski definition) is 1. The van der Waals surface area contributed by atoms with Crippen LogP contribution in [0, 0.1) is 6.92 Å². The number of aryl methyl sites for hydroxylation is 1. The van der Waals surface area contributed by atoms with Crippen molar-refractivity contribution in [2.24, 2.45) is 0 Å². The topological polar surface area (TPSA) is 29.1 Å². The van der Waals surface area contributed by atoms with Crippen LogP contribution in [-0.2, 0) is 17.3 Å². The average molecular weight is 324 g/mol. The fourth-order valence-electron chi connectivity index (χ4n) is 1.29. The Morgan fingerprint density at radius 1 is 1.62 bits per heavy atom. The maximum atomic E-state index is 11.1. The highest BCUT2D eigenvalue weighted by atomic mass is 79.9. The van der Waals surface area contributed by atoms with Crippen molar-refractivity contribution in [2.45, 2.75) is 32.1 Å². The Morgan fingerprint density at radius 2 is 2.31 bits per heavy atom. The second-order valence-corrected chi connectivity index (χ2v) is 8.20. The zero-order valence-corrected chi connectivity index (χ0v) is 13.1. The monoisotopic (exact) mass is 323 g/mol. The van der Waals surface area contributed by atoms with Gasteiger partial charge in [0.15, 0.2) is 0 Å². The smallest absolute Gasteiger partial charge is 0.0730 e. The summed E-state index contributed by atoms with van der Waals surface area (Å²) in [5.41, 5.74) is 1.30. The van der Waals surface area contributed by atoms with Gasteiger partial charge in [0, 0.05) is 33.7 Å². The normalized spacial score (nSPS) is 15.0.